The summed E-state index contributed by atoms with van der Waals surface area (Å²) in [6, 6.07) is 11.6. The molecule has 0 aliphatic heterocycles. The van der Waals surface area contributed by atoms with Crippen LogP contribution in [0.15, 0.2) is 48.5 Å². The number of amides is 1. The molecule has 1 atom stereocenters. The van der Waals surface area contributed by atoms with Gasteiger partial charge in [0.05, 0.1) is 7.11 Å². The van der Waals surface area contributed by atoms with Crippen molar-refractivity contribution in [2.24, 2.45) is 0 Å². The lowest BCUT2D eigenvalue weighted by Crippen LogP contribution is -2.30. The van der Waals surface area contributed by atoms with Crippen LogP contribution in [0.5, 0.6) is 17.2 Å². The van der Waals surface area contributed by atoms with Gasteiger partial charge in [0.1, 0.15) is 17.2 Å². The van der Waals surface area contributed by atoms with Gasteiger partial charge in [-0.05, 0) is 43.3 Å². The number of nitrogens with one attached hydrogen (secondary N) is 1. The van der Waals surface area contributed by atoms with Gasteiger partial charge >= 0.3 is 6.36 Å². The molecule has 0 aliphatic rings. The quantitative estimate of drug-likeness (QED) is 0.851. The number of hydrogen-bond donors (Lipinski definition) is 1. The van der Waals surface area contributed by atoms with Gasteiger partial charge in [0, 0.05) is 11.8 Å². The molecule has 1 unspecified atom stereocenters. The fourth-order valence-corrected chi connectivity index (χ4v) is 1.92. The van der Waals surface area contributed by atoms with Gasteiger partial charge in [0.25, 0.3) is 5.91 Å². The van der Waals surface area contributed by atoms with Crippen LogP contribution >= 0.6 is 0 Å². The van der Waals surface area contributed by atoms with E-state index in [0.29, 0.717) is 17.2 Å². The lowest BCUT2D eigenvalue weighted by atomic mass is 10.2. The maximum Gasteiger partial charge on any atom is 0.573 e. The van der Waals surface area contributed by atoms with Crippen LogP contribution < -0.4 is 19.5 Å². The Morgan fingerprint density at radius 3 is 2.28 bits per heavy atom. The van der Waals surface area contributed by atoms with Crippen molar-refractivity contribution in [2.45, 2.75) is 19.4 Å². The van der Waals surface area contributed by atoms with Crippen LogP contribution in [-0.2, 0) is 4.79 Å². The maximum absolute atomic E-state index is 12.1. The summed E-state index contributed by atoms with van der Waals surface area (Å²) in [5.41, 5.74) is 0.320. The van der Waals surface area contributed by atoms with Crippen molar-refractivity contribution >= 4 is 11.6 Å². The van der Waals surface area contributed by atoms with E-state index in [1.807, 2.05) is 0 Å². The number of methoxy groups -OCH3 is 1. The van der Waals surface area contributed by atoms with Gasteiger partial charge in [0.15, 0.2) is 6.10 Å². The Morgan fingerprint density at radius 2 is 1.68 bits per heavy atom. The largest absolute Gasteiger partial charge is 0.573 e. The number of rotatable bonds is 6. The summed E-state index contributed by atoms with van der Waals surface area (Å²) in [5.74, 6) is 0.222. The molecule has 0 fully saturated rings. The molecule has 0 saturated carbocycles. The second-order valence-electron chi connectivity index (χ2n) is 5.00. The first-order valence-corrected chi connectivity index (χ1v) is 7.24. The van der Waals surface area contributed by atoms with E-state index in [0.717, 1.165) is 12.1 Å². The van der Waals surface area contributed by atoms with Gasteiger partial charge in [-0.25, -0.2) is 0 Å². The number of carbonyl (C=O) groups excluding carboxylic acids is 1. The average Bonchev–Trinajstić information content (AvgIpc) is 2.55. The second kappa shape index (κ2) is 7.78. The maximum atomic E-state index is 12.1. The third-order valence-corrected chi connectivity index (χ3v) is 3.08. The van der Waals surface area contributed by atoms with Crippen molar-refractivity contribution in [2.75, 3.05) is 12.4 Å². The van der Waals surface area contributed by atoms with Gasteiger partial charge in [-0.3, -0.25) is 4.79 Å². The Balaban J connectivity index is 1.94. The molecule has 0 bridgehead atoms. The molecule has 2 rings (SSSR count). The van der Waals surface area contributed by atoms with Crippen LogP contribution in [0.4, 0.5) is 18.9 Å². The first-order chi connectivity index (χ1) is 11.8. The van der Waals surface area contributed by atoms with Crippen molar-refractivity contribution in [3.63, 3.8) is 0 Å². The van der Waals surface area contributed by atoms with Crippen LogP contribution in [-0.4, -0.2) is 25.5 Å². The molecule has 2 aromatic rings. The highest BCUT2D eigenvalue weighted by molar-refractivity contribution is 5.94. The molecule has 0 saturated heterocycles. The van der Waals surface area contributed by atoms with E-state index in [2.05, 4.69) is 10.1 Å². The summed E-state index contributed by atoms with van der Waals surface area (Å²) >= 11 is 0. The predicted octanol–water partition coefficient (Wildman–Crippen LogP) is 4.00. The summed E-state index contributed by atoms with van der Waals surface area (Å²) in [5, 5.41) is 2.55. The normalized spacial score (nSPS) is 12.2. The SMILES string of the molecule is COc1cccc(OC(C)C(=O)Nc2ccc(OC(F)(F)F)cc2)c1. The fourth-order valence-electron chi connectivity index (χ4n) is 1.92. The zero-order valence-electron chi connectivity index (χ0n) is 13.5. The van der Waals surface area contributed by atoms with Gasteiger partial charge in [-0.1, -0.05) is 6.07 Å². The van der Waals surface area contributed by atoms with E-state index < -0.39 is 18.4 Å². The number of benzene rings is 2. The smallest absolute Gasteiger partial charge is 0.497 e. The van der Waals surface area contributed by atoms with Crippen molar-refractivity contribution < 1.29 is 32.2 Å². The molecular formula is C17H16F3NO4. The van der Waals surface area contributed by atoms with E-state index in [1.54, 1.807) is 31.2 Å². The van der Waals surface area contributed by atoms with Gasteiger partial charge in [0.2, 0.25) is 0 Å². The van der Waals surface area contributed by atoms with Crippen molar-refractivity contribution in [3.05, 3.63) is 48.5 Å². The third kappa shape index (κ3) is 5.91. The molecule has 0 aromatic heterocycles. The van der Waals surface area contributed by atoms with Crippen LogP contribution in [0.2, 0.25) is 0 Å². The molecular weight excluding hydrogens is 339 g/mol. The van der Waals surface area contributed by atoms with E-state index in [4.69, 9.17) is 9.47 Å². The van der Waals surface area contributed by atoms with Gasteiger partial charge in [-0.2, -0.15) is 0 Å². The minimum atomic E-state index is -4.76. The van der Waals surface area contributed by atoms with E-state index in [-0.39, 0.29) is 5.75 Å². The topological polar surface area (TPSA) is 56.8 Å². The Labute approximate surface area is 142 Å². The van der Waals surface area contributed by atoms with E-state index in [9.17, 15) is 18.0 Å². The summed E-state index contributed by atoms with van der Waals surface area (Å²) in [7, 11) is 1.52. The van der Waals surface area contributed by atoms with Crippen LogP contribution in [0.3, 0.4) is 0 Å². The summed E-state index contributed by atoms with van der Waals surface area (Å²) in [4.78, 5) is 12.1. The van der Waals surface area contributed by atoms with Crippen molar-refractivity contribution in [1.29, 1.82) is 0 Å². The van der Waals surface area contributed by atoms with Crippen LogP contribution in [0.1, 0.15) is 6.92 Å². The first-order valence-electron chi connectivity index (χ1n) is 7.24. The zero-order chi connectivity index (χ0) is 18.4. The number of alkyl halides is 3. The van der Waals surface area contributed by atoms with E-state index in [1.165, 1.54) is 19.2 Å². The van der Waals surface area contributed by atoms with Gasteiger partial charge in [-0.15, -0.1) is 13.2 Å². The summed E-state index contributed by atoms with van der Waals surface area (Å²) in [6.07, 6.45) is -5.58. The standard InChI is InChI=1S/C17H16F3NO4/c1-11(24-15-5-3-4-14(10-15)23-2)16(22)21-12-6-8-13(9-7-12)25-17(18,19)20/h3-11H,1-2H3,(H,21,22). The number of halogens is 3. The molecule has 1 N–H and O–H groups in total. The first kappa shape index (κ1) is 18.4. The summed E-state index contributed by atoms with van der Waals surface area (Å²) in [6.45, 7) is 1.55. The molecule has 25 heavy (non-hydrogen) atoms. The Hall–Kier alpha value is -2.90. The minimum absolute atomic E-state index is 0.320. The zero-order valence-corrected chi connectivity index (χ0v) is 13.5. The van der Waals surface area contributed by atoms with Gasteiger partial charge < -0.3 is 19.5 Å². The molecule has 1 amide bonds. The van der Waals surface area contributed by atoms with E-state index >= 15 is 0 Å². The molecule has 5 nitrogen and oxygen atoms in total. The van der Waals surface area contributed by atoms with Crippen molar-refractivity contribution in [1.82, 2.24) is 0 Å². The lowest BCUT2D eigenvalue weighted by Gasteiger charge is -2.15. The van der Waals surface area contributed by atoms with Crippen LogP contribution in [0.25, 0.3) is 0 Å². The molecule has 8 heteroatoms. The molecule has 0 heterocycles. The molecule has 0 radical (unpaired) electrons. The lowest BCUT2D eigenvalue weighted by molar-refractivity contribution is -0.274. The monoisotopic (exact) mass is 355 g/mol. The van der Waals surface area contributed by atoms with Crippen LogP contribution in [0, 0.1) is 0 Å². The van der Waals surface area contributed by atoms with Crippen molar-refractivity contribution in [3.8, 4) is 17.2 Å². The highest BCUT2D eigenvalue weighted by atomic mass is 19.4. The Morgan fingerprint density at radius 1 is 1.04 bits per heavy atom. The Kier molecular flexibility index (Phi) is 5.74. The molecule has 134 valence electrons. The Bertz CT molecular complexity index is 717. The summed E-state index contributed by atoms with van der Waals surface area (Å²) < 4.78 is 50.6. The molecule has 2 aromatic carbocycles. The number of carbonyl (C=O) groups is 1. The third-order valence-electron chi connectivity index (χ3n) is 3.08. The highest BCUT2D eigenvalue weighted by Gasteiger charge is 2.31. The number of anilines is 1. The fraction of sp³-hybridized carbons (Fsp3) is 0.235. The molecule has 0 spiro atoms. The highest BCUT2D eigenvalue weighted by Crippen LogP contribution is 2.24. The average molecular weight is 355 g/mol. The predicted molar refractivity (Wildman–Crippen MR) is 84.8 cm³/mol. The minimum Gasteiger partial charge on any atom is -0.497 e. The number of ether oxygens (including phenoxy) is 3. The number of hydrogen-bond acceptors (Lipinski definition) is 4. The second-order valence-corrected chi connectivity index (χ2v) is 5.00. The molecule has 0 aliphatic carbocycles.